The van der Waals surface area contributed by atoms with E-state index in [0.29, 0.717) is 25.0 Å². The van der Waals surface area contributed by atoms with Crippen LogP contribution in [0.3, 0.4) is 0 Å². The number of rotatable bonds is 6. The third kappa shape index (κ3) is 3.69. The normalized spacial score (nSPS) is 24.9. The van der Waals surface area contributed by atoms with Crippen molar-refractivity contribution in [1.82, 2.24) is 10.2 Å². The van der Waals surface area contributed by atoms with E-state index >= 15 is 0 Å². The highest BCUT2D eigenvalue weighted by atomic mass is 16.5. The number of nitrogens with one attached hydrogen (secondary N) is 1. The van der Waals surface area contributed by atoms with Crippen molar-refractivity contribution >= 4 is 5.91 Å². The number of hydrogen-bond acceptors (Lipinski definition) is 3. The standard InChI is InChI=1S/C14H28N2O2/c1-9(2)12-14(17)16(7-8-18-11(5)6)13(15-12)10(3)4/h9-13,15H,7-8H2,1-6H3. The van der Waals surface area contributed by atoms with Gasteiger partial charge in [-0.2, -0.15) is 0 Å². The molecule has 1 fully saturated rings. The van der Waals surface area contributed by atoms with Crippen molar-refractivity contribution in [3.05, 3.63) is 0 Å². The number of nitrogens with zero attached hydrogens (tertiary/aromatic N) is 1. The van der Waals surface area contributed by atoms with Crippen LogP contribution >= 0.6 is 0 Å². The Kier molecular flexibility index (Phi) is 5.60. The van der Waals surface area contributed by atoms with Gasteiger partial charge >= 0.3 is 0 Å². The lowest BCUT2D eigenvalue weighted by molar-refractivity contribution is -0.132. The van der Waals surface area contributed by atoms with E-state index in [-0.39, 0.29) is 24.2 Å². The van der Waals surface area contributed by atoms with Crippen molar-refractivity contribution < 1.29 is 9.53 Å². The van der Waals surface area contributed by atoms with Crippen LogP contribution < -0.4 is 5.32 Å². The second-order valence-corrected chi connectivity index (χ2v) is 6.03. The molecule has 0 saturated carbocycles. The molecule has 2 unspecified atom stereocenters. The van der Waals surface area contributed by atoms with Crippen molar-refractivity contribution in [2.45, 2.75) is 59.9 Å². The third-order valence-electron chi connectivity index (χ3n) is 3.32. The molecular weight excluding hydrogens is 228 g/mol. The molecule has 1 aliphatic heterocycles. The molecule has 0 aromatic carbocycles. The number of carbonyl (C=O) groups is 1. The predicted octanol–water partition coefficient (Wildman–Crippen LogP) is 1.85. The van der Waals surface area contributed by atoms with Crippen LogP contribution in [0.15, 0.2) is 0 Å². The summed E-state index contributed by atoms with van der Waals surface area (Å²) < 4.78 is 5.55. The Morgan fingerprint density at radius 1 is 1.17 bits per heavy atom. The average molecular weight is 256 g/mol. The van der Waals surface area contributed by atoms with Crippen LogP contribution in [-0.2, 0) is 9.53 Å². The van der Waals surface area contributed by atoms with E-state index in [1.807, 2.05) is 18.7 Å². The van der Waals surface area contributed by atoms with E-state index in [1.54, 1.807) is 0 Å². The Balaban J connectivity index is 2.63. The molecule has 1 aliphatic rings. The lowest BCUT2D eigenvalue weighted by Gasteiger charge is -2.27. The maximum absolute atomic E-state index is 12.3. The van der Waals surface area contributed by atoms with Crippen LogP contribution in [-0.4, -0.2) is 42.3 Å². The first-order valence-corrected chi connectivity index (χ1v) is 7.02. The quantitative estimate of drug-likeness (QED) is 0.788. The molecule has 1 N–H and O–H groups in total. The van der Waals surface area contributed by atoms with Crippen molar-refractivity contribution in [3.63, 3.8) is 0 Å². The average Bonchev–Trinajstić information content (AvgIpc) is 2.56. The summed E-state index contributed by atoms with van der Waals surface area (Å²) in [7, 11) is 0. The molecule has 4 nitrogen and oxygen atoms in total. The highest BCUT2D eigenvalue weighted by Gasteiger charge is 2.41. The molecule has 1 rings (SSSR count). The minimum Gasteiger partial charge on any atom is -0.377 e. The zero-order valence-corrected chi connectivity index (χ0v) is 12.6. The van der Waals surface area contributed by atoms with Gasteiger partial charge in [0.25, 0.3) is 0 Å². The van der Waals surface area contributed by atoms with Gasteiger partial charge < -0.3 is 9.64 Å². The van der Waals surface area contributed by atoms with Crippen LogP contribution in [0.1, 0.15) is 41.5 Å². The van der Waals surface area contributed by atoms with Crippen molar-refractivity contribution in [3.8, 4) is 0 Å². The zero-order valence-electron chi connectivity index (χ0n) is 12.6. The van der Waals surface area contributed by atoms with Gasteiger partial charge in [0, 0.05) is 6.54 Å². The minimum absolute atomic E-state index is 0.0450. The largest absolute Gasteiger partial charge is 0.377 e. The fourth-order valence-electron chi connectivity index (χ4n) is 2.33. The fourth-order valence-corrected chi connectivity index (χ4v) is 2.33. The highest BCUT2D eigenvalue weighted by molar-refractivity contribution is 5.84. The van der Waals surface area contributed by atoms with E-state index in [2.05, 4.69) is 33.0 Å². The number of carbonyl (C=O) groups excluding carboxylic acids is 1. The number of ether oxygens (including phenoxy) is 1. The summed E-state index contributed by atoms with van der Waals surface area (Å²) >= 11 is 0. The summed E-state index contributed by atoms with van der Waals surface area (Å²) in [6.45, 7) is 13.8. The van der Waals surface area contributed by atoms with Gasteiger partial charge in [0.15, 0.2) is 0 Å². The van der Waals surface area contributed by atoms with Crippen LogP contribution in [0.5, 0.6) is 0 Å². The van der Waals surface area contributed by atoms with Gasteiger partial charge in [-0.25, -0.2) is 0 Å². The first-order valence-electron chi connectivity index (χ1n) is 7.02. The Morgan fingerprint density at radius 2 is 1.78 bits per heavy atom. The van der Waals surface area contributed by atoms with Crippen molar-refractivity contribution in [2.75, 3.05) is 13.2 Å². The Bertz CT molecular complexity index is 277. The van der Waals surface area contributed by atoms with Gasteiger partial charge in [0.05, 0.1) is 24.9 Å². The van der Waals surface area contributed by atoms with Crippen LogP contribution in [0.2, 0.25) is 0 Å². The molecule has 0 aromatic heterocycles. The van der Waals surface area contributed by atoms with Crippen molar-refractivity contribution in [1.29, 1.82) is 0 Å². The number of amides is 1. The van der Waals surface area contributed by atoms with Gasteiger partial charge in [-0.05, 0) is 25.7 Å². The maximum Gasteiger partial charge on any atom is 0.241 e. The van der Waals surface area contributed by atoms with Gasteiger partial charge in [-0.3, -0.25) is 10.1 Å². The summed E-state index contributed by atoms with van der Waals surface area (Å²) in [4.78, 5) is 14.3. The Morgan fingerprint density at radius 3 is 2.22 bits per heavy atom. The predicted molar refractivity (Wildman–Crippen MR) is 73.2 cm³/mol. The van der Waals surface area contributed by atoms with Gasteiger partial charge in [-0.15, -0.1) is 0 Å². The molecule has 18 heavy (non-hydrogen) atoms. The Hall–Kier alpha value is -0.610. The summed E-state index contributed by atoms with van der Waals surface area (Å²) in [5.74, 6) is 0.961. The van der Waals surface area contributed by atoms with Crippen LogP contribution in [0.4, 0.5) is 0 Å². The molecular formula is C14H28N2O2. The molecule has 1 saturated heterocycles. The van der Waals surface area contributed by atoms with Crippen LogP contribution in [0, 0.1) is 11.8 Å². The van der Waals surface area contributed by atoms with E-state index in [0.717, 1.165) is 0 Å². The molecule has 0 radical (unpaired) electrons. The SMILES string of the molecule is CC(C)OCCN1C(=O)C(C(C)C)NC1C(C)C. The summed E-state index contributed by atoms with van der Waals surface area (Å²) in [5, 5.41) is 3.45. The van der Waals surface area contributed by atoms with Crippen LogP contribution in [0.25, 0.3) is 0 Å². The number of hydrogen-bond donors (Lipinski definition) is 1. The smallest absolute Gasteiger partial charge is 0.241 e. The van der Waals surface area contributed by atoms with E-state index in [1.165, 1.54) is 0 Å². The van der Waals surface area contributed by atoms with Gasteiger partial charge in [-0.1, -0.05) is 27.7 Å². The molecule has 2 atom stereocenters. The monoisotopic (exact) mass is 256 g/mol. The van der Waals surface area contributed by atoms with Crippen molar-refractivity contribution in [2.24, 2.45) is 11.8 Å². The Labute approximate surface area is 111 Å². The second-order valence-electron chi connectivity index (χ2n) is 6.03. The molecule has 1 heterocycles. The van der Waals surface area contributed by atoms with E-state index in [4.69, 9.17) is 4.74 Å². The topological polar surface area (TPSA) is 41.6 Å². The summed E-state index contributed by atoms with van der Waals surface area (Å²) in [6, 6.07) is -0.0450. The first-order chi connectivity index (χ1) is 8.34. The lowest BCUT2D eigenvalue weighted by atomic mass is 10.1. The fraction of sp³-hybridized carbons (Fsp3) is 0.929. The lowest BCUT2D eigenvalue weighted by Crippen LogP contribution is -2.43. The summed E-state index contributed by atoms with van der Waals surface area (Å²) in [6.07, 6.45) is 0.356. The van der Waals surface area contributed by atoms with Gasteiger partial charge in [0.1, 0.15) is 0 Å². The molecule has 0 bridgehead atoms. The first kappa shape index (κ1) is 15.4. The second kappa shape index (κ2) is 6.53. The molecule has 106 valence electrons. The molecule has 0 aromatic rings. The van der Waals surface area contributed by atoms with Gasteiger partial charge in [0.2, 0.25) is 5.91 Å². The van der Waals surface area contributed by atoms with E-state index < -0.39 is 0 Å². The van der Waals surface area contributed by atoms with E-state index in [9.17, 15) is 4.79 Å². The zero-order chi connectivity index (χ0) is 13.9. The molecule has 1 amide bonds. The molecule has 0 spiro atoms. The molecule has 4 heteroatoms. The summed E-state index contributed by atoms with van der Waals surface area (Å²) in [5.41, 5.74) is 0. The minimum atomic E-state index is -0.0450. The third-order valence-corrected chi connectivity index (χ3v) is 3.32. The highest BCUT2D eigenvalue weighted by Crippen LogP contribution is 2.21. The maximum atomic E-state index is 12.3. The molecule has 0 aliphatic carbocycles.